The highest BCUT2D eigenvalue weighted by Gasteiger charge is 2.51. The molecule has 3 heteroatoms. The summed E-state index contributed by atoms with van der Waals surface area (Å²) in [6.45, 7) is 0. The van der Waals surface area contributed by atoms with Gasteiger partial charge in [0.25, 0.3) is 0 Å². The Morgan fingerprint density at radius 2 is 0.905 bits per heavy atom. The number of fused-ring (bicyclic) bond motifs is 16. The van der Waals surface area contributed by atoms with Gasteiger partial charge in [-0.25, -0.2) is 0 Å². The van der Waals surface area contributed by atoms with Gasteiger partial charge in [-0.2, -0.15) is 0 Å². The summed E-state index contributed by atoms with van der Waals surface area (Å²) in [7, 11) is 0. The van der Waals surface area contributed by atoms with Crippen LogP contribution in [0.5, 0.6) is 0 Å². The molecule has 0 saturated carbocycles. The van der Waals surface area contributed by atoms with Crippen LogP contribution in [0.3, 0.4) is 0 Å². The predicted octanol–water partition coefficient (Wildman–Crippen LogP) is 19.5. The summed E-state index contributed by atoms with van der Waals surface area (Å²) in [6, 6.07) is 99.9. The van der Waals surface area contributed by atoms with Crippen LogP contribution < -0.4 is 4.90 Å². The van der Waals surface area contributed by atoms with Gasteiger partial charge in [0.15, 0.2) is 0 Å². The van der Waals surface area contributed by atoms with Gasteiger partial charge >= 0.3 is 0 Å². The van der Waals surface area contributed by atoms with Gasteiger partial charge in [0.05, 0.1) is 27.8 Å². The van der Waals surface area contributed by atoms with Crippen LogP contribution in [0, 0.1) is 0 Å². The second-order valence-electron chi connectivity index (χ2n) is 19.9. The lowest BCUT2D eigenvalue weighted by Gasteiger charge is -2.40. The second-order valence-corrected chi connectivity index (χ2v) is 21.0. The molecule has 0 N–H and O–H groups in total. The molecular weight excluding hydrogens is 913 g/mol. The third-order valence-electron chi connectivity index (χ3n) is 16.2. The van der Waals surface area contributed by atoms with Crippen molar-refractivity contribution in [3.05, 3.63) is 289 Å². The van der Waals surface area contributed by atoms with E-state index in [-0.39, 0.29) is 0 Å². The number of nitrogens with zero attached hydrogens (tertiary/aromatic N) is 2. The standard InChI is InChI=1S/C71H44N2S/c1-2-19-50-46(17-1)18-15-26-51(50)52-20-3-4-21-53(52)56-23-6-11-31-65(56)72(48-38-35-45(36-39-48)47-37-42-69-60(43-47)58-25-8-14-34-68(58)74-69)49-40-41-55-54-22-5-9-28-61(54)71(64(55)44-49)62-29-10-13-33-67(62)73-66-32-12-7-24-57(66)59-27-16-30-63(71)70(59)73/h1-44H. The number of rotatable bonds is 6. The molecular formula is C71H44N2S. The SMILES string of the molecule is c1ccc(-c2cccc3ccccc23)c(-c2ccccc2N(c2ccc(-c3ccc4sc5ccccc5c4c3)cc2)c2ccc3c(c2)C2(c4ccccc4-3)c3ccccc3-n3c4ccccc4c4cccc2c43)c1. The lowest BCUT2D eigenvalue weighted by molar-refractivity contribution is 0.748. The van der Waals surface area contributed by atoms with E-state index in [2.05, 4.69) is 276 Å². The van der Waals surface area contributed by atoms with Crippen molar-refractivity contribution < 1.29 is 0 Å². The number of hydrogen-bond donors (Lipinski definition) is 0. The summed E-state index contributed by atoms with van der Waals surface area (Å²) in [5.74, 6) is 0. The molecule has 12 aromatic carbocycles. The fourth-order valence-electron chi connectivity index (χ4n) is 13.1. The molecule has 1 spiro atoms. The molecule has 1 aliphatic heterocycles. The molecule has 16 rings (SSSR count). The summed E-state index contributed by atoms with van der Waals surface area (Å²) in [5, 5.41) is 7.64. The van der Waals surface area contributed by atoms with Crippen LogP contribution in [-0.4, -0.2) is 4.57 Å². The van der Waals surface area contributed by atoms with Crippen molar-refractivity contribution >= 4 is 81.1 Å². The number of thiophene rings is 1. The van der Waals surface area contributed by atoms with Gasteiger partial charge in [0.1, 0.15) is 0 Å². The van der Waals surface area contributed by atoms with E-state index in [1.54, 1.807) is 0 Å². The van der Waals surface area contributed by atoms with Crippen LogP contribution in [0.1, 0.15) is 22.3 Å². The van der Waals surface area contributed by atoms with Gasteiger partial charge < -0.3 is 9.47 Å². The van der Waals surface area contributed by atoms with Crippen LogP contribution in [0.15, 0.2) is 267 Å². The van der Waals surface area contributed by atoms with Crippen molar-refractivity contribution in [1.29, 1.82) is 0 Å². The van der Waals surface area contributed by atoms with E-state index in [0.29, 0.717) is 0 Å². The fourth-order valence-corrected chi connectivity index (χ4v) is 14.2. The molecule has 14 aromatic rings. The quantitative estimate of drug-likeness (QED) is 0.161. The van der Waals surface area contributed by atoms with E-state index < -0.39 is 5.41 Å². The molecule has 1 unspecified atom stereocenters. The Labute approximate surface area is 432 Å². The summed E-state index contributed by atoms with van der Waals surface area (Å²) in [6.07, 6.45) is 0. The summed E-state index contributed by atoms with van der Waals surface area (Å²) in [5.41, 5.74) is 21.3. The molecule has 0 bridgehead atoms. The van der Waals surface area contributed by atoms with Gasteiger partial charge in [0, 0.05) is 47.9 Å². The Morgan fingerprint density at radius 1 is 0.324 bits per heavy atom. The molecule has 2 aliphatic rings. The maximum Gasteiger partial charge on any atom is 0.0755 e. The Morgan fingerprint density at radius 3 is 1.78 bits per heavy atom. The largest absolute Gasteiger partial charge is 0.310 e. The number of aromatic nitrogens is 1. The molecule has 2 nitrogen and oxygen atoms in total. The van der Waals surface area contributed by atoms with E-state index >= 15 is 0 Å². The molecule has 1 aliphatic carbocycles. The van der Waals surface area contributed by atoms with Gasteiger partial charge in [-0.15, -0.1) is 11.3 Å². The minimum absolute atomic E-state index is 0.594. The summed E-state index contributed by atoms with van der Waals surface area (Å²) >= 11 is 1.86. The number of para-hydroxylation sites is 4. The van der Waals surface area contributed by atoms with Crippen molar-refractivity contribution in [2.75, 3.05) is 4.90 Å². The van der Waals surface area contributed by atoms with Crippen molar-refractivity contribution in [3.63, 3.8) is 0 Å². The Balaban J connectivity index is 0.945. The first-order valence-electron chi connectivity index (χ1n) is 25.6. The first kappa shape index (κ1) is 41.3. The van der Waals surface area contributed by atoms with Crippen LogP contribution in [0.25, 0.3) is 103 Å². The molecule has 0 amide bonds. The molecule has 74 heavy (non-hydrogen) atoms. The van der Waals surface area contributed by atoms with Gasteiger partial charge in [-0.3, -0.25) is 0 Å². The van der Waals surface area contributed by atoms with E-state index in [4.69, 9.17) is 0 Å². The first-order chi connectivity index (χ1) is 36.7. The Hall–Kier alpha value is -9.28. The topological polar surface area (TPSA) is 8.17 Å². The predicted molar refractivity (Wildman–Crippen MR) is 313 cm³/mol. The minimum atomic E-state index is -0.594. The molecule has 344 valence electrons. The molecule has 0 saturated heterocycles. The summed E-state index contributed by atoms with van der Waals surface area (Å²) < 4.78 is 5.16. The molecule has 0 radical (unpaired) electrons. The summed E-state index contributed by atoms with van der Waals surface area (Å²) in [4.78, 5) is 2.51. The van der Waals surface area contributed by atoms with Crippen LogP contribution in [-0.2, 0) is 5.41 Å². The highest BCUT2D eigenvalue weighted by molar-refractivity contribution is 7.25. The van der Waals surface area contributed by atoms with Gasteiger partial charge in [-0.1, -0.05) is 206 Å². The maximum absolute atomic E-state index is 2.53. The molecule has 0 fully saturated rings. The minimum Gasteiger partial charge on any atom is -0.310 e. The number of hydrogen-bond acceptors (Lipinski definition) is 2. The van der Waals surface area contributed by atoms with Crippen molar-refractivity contribution in [1.82, 2.24) is 4.57 Å². The smallest absolute Gasteiger partial charge is 0.0755 e. The zero-order valence-corrected chi connectivity index (χ0v) is 41.0. The van der Waals surface area contributed by atoms with E-state index in [0.717, 1.165) is 22.6 Å². The number of anilines is 3. The lowest BCUT2D eigenvalue weighted by Crippen LogP contribution is -2.33. The van der Waals surface area contributed by atoms with E-state index in [1.165, 1.54) is 120 Å². The van der Waals surface area contributed by atoms with Crippen LogP contribution >= 0.6 is 11.3 Å². The van der Waals surface area contributed by atoms with Crippen molar-refractivity contribution in [3.8, 4) is 50.2 Å². The Bertz CT molecular complexity index is 4620. The molecule has 2 aromatic heterocycles. The molecule has 1 atom stereocenters. The average molecular weight is 957 g/mol. The van der Waals surface area contributed by atoms with Gasteiger partial charge in [-0.05, 0) is 133 Å². The lowest BCUT2D eigenvalue weighted by atomic mass is 9.65. The van der Waals surface area contributed by atoms with Crippen LogP contribution in [0.4, 0.5) is 17.1 Å². The zero-order valence-electron chi connectivity index (χ0n) is 40.2. The van der Waals surface area contributed by atoms with Crippen LogP contribution in [0.2, 0.25) is 0 Å². The highest BCUT2D eigenvalue weighted by Crippen LogP contribution is 2.62. The third-order valence-corrected chi connectivity index (χ3v) is 17.4. The van der Waals surface area contributed by atoms with Crippen molar-refractivity contribution in [2.45, 2.75) is 5.41 Å². The normalized spacial score (nSPS) is 14.3. The fraction of sp³-hybridized carbons (Fsp3) is 0.0141. The Kier molecular flexibility index (Phi) is 8.86. The average Bonchev–Trinajstić information content (AvgIpc) is 4.19. The maximum atomic E-state index is 2.53. The van der Waals surface area contributed by atoms with E-state index in [9.17, 15) is 0 Å². The third kappa shape index (κ3) is 5.76. The zero-order chi connectivity index (χ0) is 48.5. The van der Waals surface area contributed by atoms with Crippen molar-refractivity contribution in [2.24, 2.45) is 0 Å². The number of benzene rings is 12. The van der Waals surface area contributed by atoms with E-state index in [1.807, 2.05) is 11.3 Å². The second kappa shape index (κ2) is 15.9. The van der Waals surface area contributed by atoms with Gasteiger partial charge in [0.2, 0.25) is 0 Å². The molecule has 3 heterocycles. The monoisotopic (exact) mass is 956 g/mol. The first-order valence-corrected chi connectivity index (χ1v) is 26.4. The highest BCUT2D eigenvalue weighted by atomic mass is 32.1.